The molecule has 4 heteroatoms. The molecule has 50 valence electrons. The molecule has 2 radical (unpaired) electrons. The number of hydrogen-bond donors (Lipinski definition) is 0. The second-order valence-corrected chi connectivity index (χ2v) is 1.75. The van der Waals surface area contributed by atoms with Crippen LogP contribution in [0.25, 0.3) is 0 Å². The maximum absolute atomic E-state index is 10.7. The number of amides is 1. The molecule has 1 amide bonds. The Morgan fingerprint density at radius 1 is 1.78 bits per heavy atom. The van der Waals surface area contributed by atoms with Gasteiger partial charge in [-0.3, -0.25) is 4.79 Å². The fourth-order valence-corrected chi connectivity index (χ4v) is 0.430. The lowest BCUT2D eigenvalue weighted by molar-refractivity contribution is -0.151. The van der Waals surface area contributed by atoms with Crippen LogP contribution in [0.4, 0.5) is 0 Å². The van der Waals surface area contributed by atoms with E-state index in [0.29, 0.717) is 6.42 Å². The monoisotopic (exact) mass is 127 g/mol. The minimum atomic E-state index is -0.0972. The lowest BCUT2D eigenvalue weighted by Crippen LogP contribution is -2.25. The predicted molar refractivity (Wildman–Crippen MR) is 34.5 cm³/mol. The Labute approximate surface area is 56.4 Å². The number of nitrogens with zero attached hydrogens (tertiary/aromatic N) is 1. The maximum Gasteiger partial charge on any atom is 0.327 e. The zero-order chi connectivity index (χ0) is 7.28. The van der Waals surface area contributed by atoms with Gasteiger partial charge >= 0.3 is 8.05 Å². The van der Waals surface area contributed by atoms with Crippen LogP contribution in [0.1, 0.15) is 19.8 Å². The third-order valence-electron chi connectivity index (χ3n) is 0.973. The Morgan fingerprint density at radius 2 is 2.33 bits per heavy atom. The van der Waals surface area contributed by atoms with E-state index < -0.39 is 0 Å². The molecular formula is C5H10BNO2. The van der Waals surface area contributed by atoms with Crippen molar-refractivity contribution in [1.29, 1.82) is 0 Å². The molecule has 0 saturated carbocycles. The van der Waals surface area contributed by atoms with E-state index in [1.165, 1.54) is 7.05 Å². The third-order valence-corrected chi connectivity index (χ3v) is 0.973. The predicted octanol–water partition coefficient (Wildman–Crippen LogP) is 0.260. The summed E-state index contributed by atoms with van der Waals surface area (Å²) in [5, 5.41) is 1.02. The maximum atomic E-state index is 10.7. The van der Waals surface area contributed by atoms with Crippen molar-refractivity contribution in [2.24, 2.45) is 0 Å². The molecule has 0 spiro atoms. The van der Waals surface area contributed by atoms with Crippen LogP contribution in [0.3, 0.4) is 0 Å². The minimum absolute atomic E-state index is 0.0972. The van der Waals surface area contributed by atoms with Gasteiger partial charge in [-0.25, -0.2) is 5.06 Å². The van der Waals surface area contributed by atoms with E-state index in [1.54, 1.807) is 0 Å². The molecule has 0 aromatic rings. The number of hydroxylamine groups is 2. The molecule has 0 N–H and O–H groups in total. The Hall–Kier alpha value is -0.505. The Bertz CT molecular complexity index is 97.0. The number of hydrogen-bond acceptors (Lipinski definition) is 2. The van der Waals surface area contributed by atoms with Crippen molar-refractivity contribution in [2.75, 3.05) is 7.05 Å². The quantitative estimate of drug-likeness (QED) is 0.402. The molecule has 0 bridgehead atoms. The second-order valence-electron chi connectivity index (χ2n) is 1.75. The van der Waals surface area contributed by atoms with Crippen molar-refractivity contribution in [3.63, 3.8) is 0 Å². The van der Waals surface area contributed by atoms with Crippen LogP contribution in [-0.2, 0) is 9.55 Å². The highest BCUT2D eigenvalue weighted by Crippen LogP contribution is 1.92. The van der Waals surface area contributed by atoms with Crippen LogP contribution in [0, 0.1) is 0 Å². The van der Waals surface area contributed by atoms with Gasteiger partial charge in [0.2, 0.25) is 5.91 Å². The SMILES string of the molecule is [B]ON(C)C(=O)CCC. The summed E-state index contributed by atoms with van der Waals surface area (Å²) in [5.74, 6) is -0.0972. The summed E-state index contributed by atoms with van der Waals surface area (Å²) < 4.78 is 4.15. The highest BCUT2D eigenvalue weighted by Gasteiger charge is 2.03. The van der Waals surface area contributed by atoms with Crippen LogP contribution in [0.2, 0.25) is 0 Å². The number of rotatable bonds is 3. The molecule has 0 rings (SSSR count). The van der Waals surface area contributed by atoms with E-state index in [9.17, 15) is 4.79 Å². The number of carbonyl (C=O) groups is 1. The van der Waals surface area contributed by atoms with Crippen molar-refractivity contribution in [3.8, 4) is 0 Å². The standard InChI is InChI=1S/C5H10BNO2/c1-3-4-5(8)7(2)9-6/h3-4H2,1-2H3. The van der Waals surface area contributed by atoms with Crippen LogP contribution in [-0.4, -0.2) is 26.1 Å². The average Bonchev–Trinajstić information content (AvgIpc) is 1.87. The first-order valence-electron chi connectivity index (χ1n) is 2.85. The van der Waals surface area contributed by atoms with Crippen molar-refractivity contribution in [1.82, 2.24) is 5.06 Å². The van der Waals surface area contributed by atoms with Crippen LogP contribution in [0.5, 0.6) is 0 Å². The van der Waals surface area contributed by atoms with Gasteiger partial charge in [0.1, 0.15) is 0 Å². The van der Waals surface area contributed by atoms with Gasteiger partial charge in [0.05, 0.1) is 0 Å². The van der Waals surface area contributed by atoms with Gasteiger partial charge in [0, 0.05) is 13.5 Å². The van der Waals surface area contributed by atoms with E-state index in [1.807, 2.05) is 6.92 Å². The molecule has 0 atom stereocenters. The van der Waals surface area contributed by atoms with E-state index >= 15 is 0 Å². The molecule has 0 fully saturated rings. The Balaban J connectivity index is 3.46. The zero-order valence-electron chi connectivity index (χ0n) is 5.76. The molecular weight excluding hydrogens is 117 g/mol. The van der Waals surface area contributed by atoms with Gasteiger partial charge in [-0.05, 0) is 6.42 Å². The average molecular weight is 127 g/mol. The second kappa shape index (κ2) is 4.38. The summed E-state index contributed by atoms with van der Waals surface area (Å²) in [4.78, 5) is 10.7. The molecule has 0 unspecified atom stereocenters. The minimum Gasteiger partial charge on any atom is -0.349 e. The first kappa shape index (κ1) is 8.49. The molecule has 0 aromatic heterocycles. The number of carbonyl (C=O) groups excluding carboxylic acids is 1. The normalized spacial score (nSPS) is 9.11. The van der Waals surface area contributed by atoms with Gasteiger partial charge < -0.3 is 4.76 Å². The zero-order valence-corrected chi connectivity index (χ0v) is 5.76. The molecule has 9 heavy (non-hydrogen) atoms. The van der Waals surface area contributed by atoms with Gasteiger partial charge in [-0.15, -0.1) is 0 Å². The summed E-state index contributed by atoms with van der Waals surface area (Å²) in [6.07, 6.45) is 1.29. The molecule has 0 aromatic carbocycles. The molecule has 0 heterocycles. The molecule has 0 saturated heterocycles. The lowest BCUT2D eigenvalue weighted by Gasteiger charge is -2.13. The molecule has 0 aliphatic heterocycles. The Morgan fingerprint density at radius 3 is 2.67 bits per heavy atom. The smallest absolute Gasteiger partial charge is 0.327 e. The van der Waals surface area contributed by atoms with Gasteiger partial charge in [-0.1, -0.05) is 6.92 Å². The largest absolute Gasteiger partial charge is 0.349 e. The summed E-state index contributed by atoms with van der Waals surface area (Å²) in [6, 6.07) is 0. The van der Waals surface area contributed by atoms with E-state index in [0.717, 1.165) is 11.5 Å². The summed E-state index contributed by atoms with van der Waals surface area (Å²) >= 11 is 0. The van der Waals surface area contributed by atoms with Gasteiger partial charge in [0.25, 0.3) is 0 Å². The van der Waals surface area contributed by atoms with Crippen molar-refractivity contribution < 1.29 is 9.55 Å². The lowest BCUT2D eigenvalue weighted by atomic mass is 10.3. The van der Waals surface area contributed by atoms with Crippen LogP contribution in [0.15, 0.2) is 0 Å². The topological polar surface area (TPSA) is 29.5 Å². The van der Waals surface area contributed by atoms with E-state index in [4.69, 9.17) is 8.05 Å². The van der Waals surface area contributed by atoms with Crippen molar-refractivity contribution in [2.45, 2.75) is 19.8 Å². The van der Waals surface area contributed by atoms with Gasteiger partial charge in [0.15, 0.2) is 0 Å². The highest BCUT2D eigenvalue weighted by molar-refractivity contribution is 5.98. The highest BCUT2D eigenvalue weighted by atomic mass is 16.6. The van der Waals surface area contributed by atoms with Crippen LogP contribution >= 0.6 is 0 Å². The van der Waals surface area contributed by atoms with Crippen molar-refractivity contribution >= 4 is 14.0 Å². The molecule has 0 aliphatic carbocycles. The molecule has 3 nitrogen and oxygen atoms in total. The molecule has 0 aliphatic rings. The fourth-order valence-electron chi connectivity index (χ4n) is 0.430. The van der Waals surface area contributed by atoms with Crippen LogP contribution < -0.4 is 0 Å². The van der Waals surface area contributed by atoms with Crippen molar-refractivity contribution in [3.05, 3.63) is 0 Å². The summed E-state index contributed by atoms with van der Waals surface area (Å²) in [7, 11) is 6.19. The van der Waals surface area contributed by atoms with E-state index in [2.05, 4.69) is 4.76 Å². The fraction of sp³-hybridized carbons (Fsp3) is 0.800. The summed E-state index contributed by atoms with van der Waals surface area (Å²) in [5.41, 5.74) is 0. The first-order valence-corrected chi connectivity index (χ1v) is 2.85. The van der Waals surface area contributed by atoms with E-state index in [-0.39, 0.29) is 5.91 Å². The summed E-state index contributed by atoms with van der Waals surface area (Å²) in [6.45, 7) is 1.92. The van der Waals surface area contributed by atoms with Gasteiger partial charge in [-0.2, -0.15) is 0 Å². The first-order chi connectivity index (χ1) is 4.22. The third kappa shape index (κ3) is 3.14. The Kier molecular flexibility index (Phi) is 4.14.